The van der Waals surface area contributed by atoms with Gasteiger partial charge in [0.25, 0.3) is 0 Å². The van der Waals surface area contributed by atoms with Gasteiger partial charge in [0.05, 0.1) is 18.9 Å². The Morgan fingerprint density at radius 3 is 2.78 bits per heavy atom. The van der Waals surface area contributed by atoms with Crippen molar-refractivity contribution in [1.29, 1.82) is 0 Å². The minimum Gasteiger partial charge on any atom is -0.373 e. The SMILES string of the molecule is CNC1=CC2=NCC(c3ccccc3)N2C=N1.Cl. The molecule has 94 valence electrons. The molecule has 0 radical (unpaired) electrons. The zero-order valence-electron chi connectivity index (χ0n) is 10.1. The lowest BCUT2D eigenvalue weighted by atomic mass is 10.1. The highest BCUT2D eigenvalue weighted by molar-refractivity contribution is 6.03. The van der Waals surface area contributed by atoms with E-state index in [4.69, 9.17) is 0 Å². The summed E-state index contributed by atoms with van der Waals surface area (Å²) >= 11 is 0. The molecule has 0 fully saturated rings. The van der Waals surface area contributed by atoms with Gasteiger partial charge in [0.15, 0.2) is 0 Å². The summed E-state index contributed by atoms with van der Waals surface area (Å²) in [5, 5.41) is 3.03. The molecular formula is C13H15ClN4. The summed E-state index contributed by atoms with van der Waals surface area (Å²) in [7, 11) is 1.86. The lowest BCUT2D eigenvalue weighted by molar-refractivity contribution is 0.507. The van der Waals surface area contributed by atoms with Gasteiger partial charge >= 0.3 is 0 Å². The Hall–Kier alpha value is -1.81. The molecule has 0 aromatic heterocycles. The standard InChI is InChI=1S/C13H14N4.ClH/c1-14-12-7-13-15-8-11(17(13)9-16-12)10-5-3-2-4-6-10;/h2-7,9,11,14H,8H2,1H3;1H. The lowest BCUT2D eigenvalue weighted by Crippen LogP contribution is -2.32. The van der Waals surface area contributed by atoms with Crippen LogP contribution in [0.15, 0.2) is 52.2 Å². The number of fused-ring (bicyclic) bond motifs is 1. The maximum absolute atomic E-state index is 4.55. The average Bonchev–Trinajstić information content (AvgIpc) is 2.82. The van der Waals surface area contributed by atoms with Crippen LogP contribution in [-0.2, 0) is 0 Å². The van der Waals surface area contributed by atoms with Gasteiger partial charge in [-0.25, -0.2) is 4.99 Å². The molecule has 0 aliphatic carbocycles. The molecule has 1 aromatic rings. The highest BCUT2D eigenvalue weighted by Gasteiger charge is 2.28. The predicted molar refractivity (Wildman–Crippen MR) is 76.2 cm³/mol. The van der Waals surface area contributed by atoms with Gasteiger partial charge in [0, 0.05) is 13.1 Å². The molecule has 0 spiro atoms. The predicted octanol–water partition coefficient (Wildman–Crippen LogP) is 1.97. The van der Waals surface area contributed by atoms with Crippen molar-refractivity contribution < 1.29 is 0 Å². The van der Waals surface area contributed by atoms with Gasteiger partial charge in [-0.15, -0.1) is 12.4 Å². The van der Waals surface area contributed by atoms with Gasteiger partial charge in [-0.05, 0) is 5.56 Å². The van der Waals surface area contributed by atoms with Gasteiger partial charge in [0.2, 0.25) is 0 Å². The Morgan fingerprint density at radius 2 is 2.06 bits per heavy atom. The van der Waals surface area contributed by atoms with E-state index in [1.807, 2.05) is 25.5 Å². The van der Waals surface area contributed by atoms with E-state index in [0.29, 0.717) is 0 Å². The molecule has 1 aromatic carbocycles. The molecule has 1 atom stereocenters. The van der Waals surface area contributed by atoms with Gasteiger partial charge in [-0.3, -0.25) is 4.99 Å². The second-order valence-corrected chi connectivity index (χ2v) is 4.06. The average molecular weight is 263 g/mol. The normalized spacial score (nSPS) is 20.7. The fraction of sp³-hybridized carbons (Fsp3) is 0.231. The van der Waals surface area contributed by atoms with Gasteiger partial charge in [0.1, 0.15) is 11.7 Å². The maximum atomic E-state index is 4.55. The van der Waals surface area contributed by atoms with E-state index < -0.39 is 0 Å². The second kappa shape index (κ2) is 5.23. The van der Waals surface area contributed by atoms with E-state index >= 15 is 0 Å². The van der Waals surface area contributed by atoms with E-state index in [0.717, 1.165) is 18.2 Å². The Balaban J connectivity index is 0.00000120. The molecule has 0 saturated carbocycles. The van der Waals surface area contributed by atoms with Crippen molar-refractivity contribution in [2.24, 2.45) is 9.98 Å². The number of benzene rings is 1. The summed E-state index contributed by atoms with van der Waals surface area (Å²) in [6.07, 6.45) is 3.83. The molecule has 18 heavy (non-hydrogen) atoms. The number of halogens is 1. The quantitative estimate of drug-likeness (QED) is 0.885. The zero-order chi connectivity index (χ0) is 11.7. The summed E-state index contributed by atoms with van der Waals surface area (Å²) in [4.78, 5) is 11.0. The number of hydrogen-bond acceptors (Lipinski definition) is 4. The highest BCUT2D eigenvalue weighted by atomic mass is 35.5. The summed E-state index contributed by atoms with van der Waals surface area (Å²) in [6, 6.07) is 10.7. The molecule has 1 N–H and O–H groups in total. The monoisotopic (exact) mass is 262 g/mol. The second-order valence-electron chi connectivity index (χ2n) is 4.06. The minimum atomic E-state index is 0. The number of amidine groups is 1. The first-order chi connectivity index (χ1) is 8.38. The Morgan fingerprint density at radius 1 is 1.28 bits per heavy atom. The van der Waals surface area contributed by atoms with E-state index in [1.165, 1.54) is 5.56 Å². The largest absolute Gasteiger partial charge is 0.373 e. The maximum Gasteiger partial charge on any atom is 0.133 e. The van der Waals surface area contributed by atoms with Crippen LogP contribution in [0, 0.1) is 0 Å². The van der Waals surface area contributed by atoms with Gasteiger partial charge in [-0.1, -0.05) is 30.3 Å². The van der Waals surface area contributed by atoms with Crippen molar-refractivity contribution >= 4 is 24.6 Å². The summed E-state index contributed by atoms with van der Waals surface area (Å²) in [5.41, 5.74) is 1.28. The molecular weight excluding hydrogens is 248 g/mol. The summed E-state index contributed by atoms with van der Waals surface area (Å²) < 4.78 is 0. The van der Waals surface area contributed by atoms with Crippen LogP contribution in [0.2, 0.25) is 0 Å². The third-order valence-electron chi connectivity index (χ3n) is 3.05. The number of aliphatic imine (C=N–C) groups is 2. The van der Waals surface area contributed by atoms with Crippen LogP contribution in [0.25, 0.3) is 0 Å². The molecule has 2 aliphatic heterocycles. The van der Waals surface area contributed by atoms with Crippen LogP contribution in [0.1, 0.15) is 11.6 Å². The Labute approximate surface area is 113 Å². The summed E-state index contributed by atoms with van der Waals surface area (Å²) in [5.74, 6) is 1.84. The van der Waals surface area contributed by atoms with Crippen molar-refractivity contribution in [2.45, 2.75) is 6.04 Å². The van der Waals surface area contributed by atoms with Crippen molar-refractivity contribution in [3.63, 3.8) is 0 Å². The van der Waals surface area contributed by atoms with Crippen LogP contribution >= 0.6 is 12.4 Å². The van der Waals surface area contributed by atoms with Crippen LogP contribution in [-0.4, -0.2) is 30.7 Å². The van der Waals surface area contributed by atoms with Crippen LogP contribution in [0.4, 0.5) is 0 Å². The molecule has 3 rings (SSSR count). The van der Waals surface area contributed by atoms with Gasteiger partial charge < -0.3 is 10.2 Å². The molecule has 0 saturated heterocycles. The molecule has 1 unspecified atom stereocenters. The smallest absolute Gasteiger partial charge is 0.133 e. The lowest BCUT2D eigenvalue weighted by Gasteiger charge is -2.25. The topological polar surface area (TPSA) is 40.0 Å². The number of rotatable bonds is 2. The van der Waals surface area contributed by atoms with E-state index in [1.54, 1.807) is 0 Å². The molecule has 2 heterocycles. The Kier molecular flexibility index (Phi) is 3.67. The fourth-order valence-electron chi connectivity index (χ4n) is 2.13. The van der Waals surface area contributed by atoms with Gasteiger partial charge in [-0.2, -0.15) is 0 Å². The molecule has 5 heteroatoms. The number of hydrogen-bond donors (Lipinski definition) is 1. The molecule has 0 amide bonds. The first-order valence-corrected chi connectivity index (χ1v) is 5.70. The van der Waals surface area contributed by atoms with Crippen molar-refractivity contribution in [3.05, 3.63) is 47.8 Å². The van der Waals surface area contributed by atoms with E-state index in [2.05, 4.69) is 44.5 Å². The molecule has 4 nitrogen and oxygen atoms in total. The highest BCUT2D eigenvalue weighted by Crippen LogP contribution is 2.27. The van der Waals surface area contributed by atoms with Crippen molar-refractivity contribution in [1.82, 2.24) is 10.2 Å². The zero-order valence-corrected chi connectivity index (χ0v) is 10.9. The number of nitrogens with one attached hydrogen (secondary N) is 1. The first-order valence-electron chi connectivity index (χ1n) is 5.70. The first kappa shape index (κ1) is 12.6. The molecule has 2 aliphatic rings. The van der Waals surface area contributed by atoms with Crippen molar-refractivity contribution in [2.75, 3.05) is 13.6 Å². The van der Waals surface area contributed by atoms with E-state index in [-0.39, 0.29) is 18.4 Å². The fourth-order valence-corrected chi connectivity index (χ4v) is 2.13. The Bertz CT molecular complexity index is 507. The third kappa shape index (κ3) is 2.11. The number of nitrogens with zero attached hydrogens (tertiary/aromatic N) is 3. The van der Waals surface area contributed by atoms with Crippen LogP contribution in [0.3, 0.4) is 0 Å². The summed E-state index contributed by atoms with van der Waals surface area (Å²) in [6.45, 7) is 0.791. The van der Waals surface area contributed by atoms with Crippen molar-refractivity contribution in [3.8, 4) is 0 Å². The minimum absolute atomic E-state index is 0. The van der Waals surface area contributed by atoms with Crippen LogP contribution < -0.4 is 5.32 Å². The van der Waals surface area contributed by atoms with E-state index in [9.17, 15) is 0 Å². The third-order valence-corrected chi connectivity index (χ3v) is 3.05. The van der Waals surface area contributed by atoms with Crippen LogP contribution in [0.5, 0.6) is 0 Å². The molecule has 0 bridgehead atoms.